The van der Waals surface area contributed by atoms with Crippen molar-refractivity contribution in [1.29, 1.82) is 0 Å². The van der Waals surface area contributed by atoms with Gasteiger partial charge < -0.3 is 10.6 Å². The Kier molecular flexibility index (Phi) is 3.02. The van der Waals surface area contributed by atoms with Gasteiger partial charge in [-0.05, 0) is 44.6 Å². The highest BCUT2D eigenvalue weighted by atomic mass is 19.1. The first-order valence-corrected chi connectivity index (χ1v) is 6.23. The van der Waals surface area contributed by atoms with Gasteiger partial charge in [0.25, 0.3) is 0 Å². The lowest BCUT2D eigenvalue weighted by atomic mass is 10.0. The fourth-order valence-corrected chi connectivity index (χ4v) is 2.64. The van der Waals surface area contributed by atoms with Crippen LogP contribution in [0.25, 0.3) is 0 Å². The number of hydrogen-bond donors (Lipinski definition) is 2. The number of piperidine rings is 1. The van der Waals surface area contributed by atoms with Crippen molar-refractivity contribution >= 4 is 5.91 Å². The number of fused-ring (bicyclic) bond motifs is 1. The molecule has 96 valence electrons. The molecule has 0 bridgehead atoms. The molecule has 2 fully saturated rings. The molecule has 1 amide bonds. The summed E-state index contributed by atoms with van der Waals surface area (Å²) in [5.74, 6) is -0.324. The van der Waals surface area contributed by atoms with Crippen LogP contribution in [0.2, 0.25) is 0 Å². The molecule has 2 aliphatic rings. The van der Waals surface area contributed by atoms with Crippen molar-refractivity contribution in [3.8, 4) is 0 Å². The predicted octanol–water partition coefficient (Wildman–Crippen LogP) is 1.90. The molecule has 0 spiro atoms. The van der Waals surface area contributed by atoms with Gasteiger partial charge in [-0.3, -0.25) is 4.79 Å². The molecule has 1 aliphatic heterocycles. The van der Waals surface area contributed by atoms with Crippen LogP contribution in [-0.2, 0) is 4.79 Å². The summed E-state index contributed by atoms with van der Waals surface area (Å²) in [6.07, 6.45) is 2.03. The highest BCUT2D eigenvalue weighted by Gasteiger charge is 2.58. The van der Waals surface area contributed by atoms with E-state index in [-0.39, 0.29) is 17.8 Å². The normalized spacial score (nSPS) is 36.1. The summed E-state index contributed by atoms with van der Waals surface area (Å²) >= 11 is 0. The Hall–Kier alpha value is -0.900. The van der Waals surface area contributed by atoms with Crippen molar-refractivity contribution < 1.29 is 9.18 Å². The third-order valence-electron chi connectivity index (χ3n) is 3.96. The van der Waals surface area contributed by atoms with Gasteiger partial charge in [0.15, 0.2) is 0 Å². The molecule has 2 rings (SSSR count). The molecule has 0 aromatic heterocycles. The van der Waals surface area contributed by atoms with E-state index in [0.29, 0.717) is 17.0 Å². The molecule has 4 atom stereocenters. The van der Waals surface area contributed by atoms with Crippen LogP contribution in [0, 0.1) is 5.41 Å². The summed E-state index contributed by atoms with van der Waals surface area (Å²) in [5.41, 5.74) is 0.923. The van der Waals surface area contributed by atoms with E-state index in [1.807, 2.05) is 0 Å². The molecule has 0 aromatic carbocycles. The number of hydrogen-bond acceptors (Lipinski definition) is 2. The summed E-state index contributed by atoms with van der Waals surface area (Å²) in [6.45, 7) is 7.29. The first-order valence-electron chi connectivity index (χ1n) is 6.23. The maximum absolute atomic E-state index is 13.6. The minimum atomic E-state index is -0.529. The van der Waals surface area contributed by atoms with Crippen LogP contribution < -0.4 is 10.6 Å². The number of carbonyl (C=O) groups excluding carboxylic acids is 1. The van der Waals surface area contributed by atoms with Gasteiger partial charge in [0.2, 0.25) is 5.91 Å². The second-order valence-corrected chi connectivity index (χ2v) is 5.91. The molecule has 4 heteroatoms. The smallest absolute Gasteiger partial charge is 0.237 e. The highest BCUT2D eigenvalue weighted by Crippen LogP contribution is 2.53. The van der Waals surface area contributed by atoms with Crippen LogP contribution >= 0.6 is 0 Å². The van der Waals surface area contributed by atoms with Crippen molar-refractivity contribution in [2.24, 2.45) is 5.41 Å². The molecule has 0 aromatic rings. The molecule has 1 saturated heterocycles. The van der Waals surface area contributed by atoms with Gasteiger partial charge in [-0.1, -0.05) is 6.92 Å². The highest BCUT2D eigenvalue weighted by molar-refractivity contribution is 5.83. The van der Waals surface area contributed by atoms with Crippen LogP contribution in [0.15, 0.2) is 11.4 Å². The minimum Gasteiger partial charge on any atom is -0.346 e. The third kappa shape index (κ3) is 2.37. The number of nitrogens with one attached hydrogen (secondary N) is 2. The second kappa shape index (κ2) is 4.09. The SMILES string of the molecule is CC(C)=C(F)[C@@H](C)NC(=O)[C@@H]1C[C@@]2(C)C[C@H]2N1. The Morgan fingerprint density at radius 2 is 2.12 bits per heavy atom. The Morgan fingerprint density at radius 3 is 2.59 bits per heavy atom. The molecule has 3 nitrogen and oxygen atoms in total. The van der Waals surface area contributed by atoms with Crippen LogP contribution in [0.5, 0.6) is 0 Å². The standard InChI is InChI=1S/C13H21FN2O/c1-7(2)11(14)8(3)15-12(17)9-5-13(4)6-10(13)16-9/h8-10,16H,5-6H2,1-4H3,(H,15,17)/t8-,9+,10-,13+/m1/s1. The average molecular weight is 240 g/mol. The quantitative estimate of drug-likeness (QED) is 0.791. The second-order valence-electron chi connectivity index (χ2n) is 5.91. The monoisotopic (exact) mass is 240 g/mol. The van der Waals surface area contributed by atoms with E-state index in [0.717, 1.165) is 12.8 Å². The van der Waals surface area contributed by atoms with E-state index >= 15 is 0 Å². The number of amides is 1. The topological polar surface area (TPSA) is 41.1 Å². The van der Waals surface area contributed by atoms with Gasteiger partial charge in [0.1, 0.15) is 5.83 Å². The van der Waals surface area contributed by atoms with E-state index in [4.69, 9.17) is 0 Å². The Bertz CT molecular complexity index is 376. The van der Waals surface area contributed by atoms with Gasteiger partial charge in [-0.25, -0.2) is 4.39 Å². The number of halogens is 1. The Morgan fingerprint density at radius 1 is 1.47 bits per heavy atom. The van der Waals surface area contributed by atoms with Crippen LogP contribution in [0.3, 0.4) is 0 Å². The lowest BCUT2D eigenvalue weighted by Crippen LogP contribution is -2.45. The molecule has 1 heterocycles. The van der Waals surface area contributed by atoms with Crippen LogP contribution in [0.1, 0.15) is 40.5 Å². The van der Waals surface area contributed by atoms with Crippen molar-refractivity contribution in [2.45, 2.75) is 58.7 Å². The van der Waals surface area contributed by atoms with Gasteiger partial charge >= 0.3 is 0 Å². The van der Waals surface area contributed by atoms with Gasteiger partial charge in [0.05, 0.1) is 12.1 Å². The van der Waals surface area contributed by atoms with Crippen LogP contribution in [0.4, 0.5) is 4.39 Å². The van der Waals surface area contributed by atoms with E-state index < -0.39 is 6.04 Å². The van der Waals surface area contributed by atoms with Crippen molar-refractivity contribution in [2.75, 3.05) is 0 Å². The predicted molar refractivity (Wildman–Crippen MR) is 65.1 cm³/mol. The summed E-state index contributed by atoms with van der Waals surface area (Å²) < 4.78 is 13.6. The lowest BCUT2D eigenvalue weighted by molar-refractivity contribution is -0.123. The lowest BCUT2D eigenvalue weighted by Gasteiger charge is -2.18. The van der Waals surface area contributed by atoms with E-state index in [1.54, 1.807) is 20.8 Å². The molecule has 17 heavy (non-hydrogen) atoms. The van der Waals surface area contributed by atoms with Crippen LogP contribution in [-0.4, -0.2) is 24.0 Å². The van der Waals surface area contributed by atoms with E-state index in [9.17, 15) is 9.18 Å². The first-order chi connectivity index (χ1) is 7.83. The molecule has 1 saturated carbocycles. The number of carbonyl (C=O) groups is 1. The fourth-order valence-electron chi connectivity index (χ4n) is 2.64. The van der Waals surface area contributed by atoms with Crippen molar-refractivity contribution in [1.82, 2.24) is 10.6 Å². The average Bonchev–Trinajstić information content (AvgIpc) is 2.75. The summed E-state index contributed by atoms with van der Waals surface area (Å²) in [7, 11) is 0. The summed E-state index contributed by atoms with van der Waals surface area (Å²) in [6, 6.07) is -0.188. The first kappa shape index (κ1) is 12.6. The summed E-state index contributed by atoms with van der Waals surface area (Å²) in [5, 5.41) is 6.02. The largest absolute Gasteiger partial charge is 0.346 e. The molecular formula is C13H21FN2O. The van der Waals surface area contributed by atoms with Gasteiger partial charge in [0, 0.05) is 6.04 Å². The Balaban J connectivity index is 1.88. The fraction of sp³-hybridized carbons (Fsp3) is 0.769. The molecular weight excluding hydrogens is 219 g/mol. The van der Waals surface area contributed by atoms with Crippen molar-refractivity contribution in [3.63, 3.8) is 0 Å². The van der Waals surface area contributed by atoms with Gasteiger partial charge in [-0.15, -0.1) is 0 Å². The molecule has 2 N–H and O–H groups in total. The zero-order chi connectivity index (χ0) is 12.8. The number of allylic oxidation sites excluding steroid dienone is 1. The zero-order valence-corrected chi connectivity index (χ0v) is 10.9. The van der Waals surface area contributed by atoms with Crippen molar-refractivity contribution in [3.05, 3.63) is 11.4 Å². The van der Waals surface area contributed by atoms with E-state index in [1.165, 1.54) is 0 Å². The summed E-state index contributed by atoms with van der Waals surface area (Å²) in [4.78, 5) is 11.9. The minimum absolute atomic E-state index is 0.0812. The maximum Gasteiger partial charge on any atom is 0.237 e. The zero-order valence-electron chi connectivity index (χ0n) is 10.9. The molecule has 0 unspecified atom stereocenters. The third-order valence-corrected chi connectivity index (χ3v) is 3.96. The maximum atomic E-state index is 13.6. The van der Waals surface area contributed by atoms with Gasteiger partial charge in [-0.2, -0.15) is 0 Å². The Labute approximate surface area is 102 Å². The molecule has 0 radical (unpaired) electrons. The molecule has 1 aliphatic carbocycles. The number of rotatable bonds is 3. The van der Waals surface area contributed by atoms with E-state index in [2.05, 4.69) is 17.6 Å².